The Bertz CT molecular complexity index is 766. The summed E-state index contributed by atoms with van der Waals surface area (Å²) in [6.45, 7) is 0.484. The van der Waals surface area contributed by atoms with Crippen molar-refractivity contribution in [3.05, 3.63) is 60.1 Å². The second kappa shape index (κ2) is 6.87. The number of furan rings is 1. The Balaban J connectivity index is 1.48. The molecule has 0 radical (unpaired) electrons. The van der Waals surface area contributed by atoms with Crippen LogP contribution in [0.25, 0.3) is 11.4 Å². The number of aryl methyl sites for hydroxylation is 1. The first-order valence-corrected chi connectivity index (χ1v) is 7.11. The molecule has 7 heteroatoms. The Morgan fingerprint density at radius 1 is 1.22 bits per heavy atom. The van der Waals surface area contributed by atoms with Crippen molar-refractivity contribution in [2.75, 3.05) is 6.54 Å². The zero-order valence-corrected chi connectivity index (χ0v) is 12.2. The first-order valence-electron chi connectivity index (χ1n) is 7.11. The van der Waals surface area contributed by atoms with Crippen molar-refractivity contribution in [1.82, 2.24) is 15.5 Å². The molecule has 3 rings (SSSR count). The van der Waals surface area contributed by atoms with E-state index in [4.69, 9.17) is 8.94 Å². The highest BCUT2D eigenvalue weighted by Crippen LogP contribution is 2.16. The number of rotatable bonds is 6. The molecule has 0 atom stereocenters. The third-order valence-electron chi connectivity index (χ3n) is 3.21. The van der Waals surface area contributed by atoms with Gasteiger partial charge in [-0.3, -0.25) is 4.79 Å². The minimum atomic E-state index is -0.314. The van der Waals surface area contributed by atoms with Gasteiger partial charge in [-0.15, -0.1) is 0 Å². The van der Waals surface area contributed by atoms with Crippen LogP contribution in [0.5, 0.6) is 0 Å². The maximum atomic E-state index is 12.9. The molecule has 0 spiro atoms. The van der Waals surface area contributed by atoms with Crippen LogP contribution in [0.1, 0.15) is 22.7 Å². The Morgan fingerprint density at radius 2 is 2.04 bits per heavy atom. The fourth-order valence-corrected chi connectivity index (χ4v) is 2.01. The van der Waals surface area contributed by atoms with Gasteiger partial charge in [-0.25, -0.2) is 4.39 Å². The molecule has 0 saturated heterocycles. The molecule has 2 heterocycles. The van der Waals surface area contributed by atoms with Crippen molar-refractivity contribution in [2.24, 2.45) is 0 Å². The molecule has 0 fully saturated rings. The third kappa shape index (κ3) is 3.82. The van der Waals surface area contributed by atoms with Gasteiger partial charge in [0, 0.05) is 18.5 Å². The van der Waals surface area contributed by atoms with Crippen LogP contribution in [-0.2, 0) is 6.42 Å². The molecule has 0 unspecified atom stereocenters. The quantitative estimate of drug-likeness (QED) is 0.707. The zero-order chi connectivity index (χ0) is 16.1. The van der Waals surface area contributed by atoms with Gasteiger partial charge in [0.1, 0.15) is 12.1 Å². The number of nitrogens with zero attached hydrogens (tertiary/aromatic N) is 2. The Morgan fingerprint density at radius 3 is 2.78 bits per heavy atom. The van der Waals surface area contributed by atoms with Gasteiger partial charge >= 0.3 is 0 Å². The number of benzene rings is 1. The molecule has 0 aliphatic carbocycles. The number of halogens is 1. The van der Waals surface area contributed by atoms with Crippen molar-refractivity contribution in [2.45, 2.75) is 12.8 Å². The number of hydrogen-bond acceptors (Lipinski definition) is 5. The number of carbonyl (C=O) groups excluding carboxylic acids is 1. The van der Waals surface area contributed by atoms with E-state index in [1.165, 1.54) is 24.7 Å². The van der Waals surface area contributed by atoms with Crippen LogP contribution in [0.4, 0.5) is 4.39 Å². The number of aromatic nitrogens is 2. The standard InChI is InChI=1S/C16H14FN3O3/c17-13-5-3-11(4-6-13)15-19-14(23-20-15)2-1-8-18-16(21)12-7-9-22-10-12/h3-7,9-10H,1-2,8H2,(H,18,21). The summed E-state index contributed by atoms with van der Waals surface area (Å²) in [6, 6.07) is 7.47. The first kappa shape index (κ1) is 15.0. The minimum Gasteiger partial charge on any atom is -0.472 e. The summed E-state index contributed by atoms with van der Waals surface area (Å²) >= 11 is 0. The van der Waals surface area contributed by atoms with Crippen LogP contribution in [0, 0.1) is 5.82 Å². The SMILES string of the molecule is O=C(NCCCc1nc(-c2ccc(F)cc2)no1)c1ccoc1. The molecule has 1 N–H and O–H groups in total. The maximum absolute atomic E-state index is 12.9. The van der Waals surface area contributed by atoms with Gasteiger partial charge in [0.15, 0.2) is 0 Å². The normalized spacial score (nSPS) is 10.7. The molecule has 1 amide bonds. The van der Waals surface area contributed by atoms with E-state index < -0.39 is 0 Å². The van der Waals surface area contributed by atoms with Crippen LogP contribution in [0.3, 0.4) is 0 Å². The van der Waals surface area contributed by atoms with Gasteiger partial charge < -0.3 is 14.3 Å². The highest BCUT2D eigenvalue weighted by atomic mass is 19.1. The maximum Gasteiger partial charge on any atom is 0.254 e. The molecule has 0 aliphatic heterocycles. The molecular formula is C16H14FN3O3. The fraction of sp³-hybridized carbons (Fsp3) is 0.188. The molecule has 0 bridgehead atoms. The van der Waals surface area contributed by atoms with Gasteiger partial charge in [-0.2, -0.15) is 4.98 Å². The highest BCUT2D eigenvalue weighted by Gasteiger charge is 2.09. The van der Waals surface area contributed by atoms with Crippen LogP contribution >= 0.6 is 0 Å². The van der Waals surface area contributed by atoms with E-state index in [2.05, 4.69) is 15.5 Å². The van der Waals surface area contributed by atoms with Crippen molar-refractivity contribution in [3.8, 4) is 11.4 Å². The largest absolute Gasteiger partial charge is 0.472 e. The number of carbonyl (C=O) groups is 1. The summed E-state index contributed by atoms with van der Waals surface area (Å²) in [5.41, 5.74) is 1.18. The summed E-state index contributed by atoms with van der Waals surface area (Å²) in [6.07, 6.45) is 4.04. The molecule has 118 valence electrons. The lowest BCUT2D eigenvalue weighted by Crippen LogP contribution is -2.24. The van der Waals surface area contributed by atoms with E-state index in [-0.39, 0.29) is 11.7 Å². The van der Waals surface area contributed by atoms with E-state index in [1.54, 1.807) is 18.2 Å². The molecule has 23 heavy (non-hydrogen) atoms. The summed E-state index contributed by atoms with van der Waals surface area (Å²) in [5.74, 6) is 0.395. The molecule has 1 aromatic carbocycles. The Kier molecular flexibility index (Phi) is 4.46. The van der Waals surface area contributed by atoms with Gasteiger partial charge in [0.25, 0.3) is 5.91 Å². The number of hydrogen-bond donors (Lipinski definition) is 1. The minimum absolute atomic E-state index is 0.184. The first-order chi connectivity index (χ1) is 11.2. The highest BCUT2D eigenvalue weighted by molar-refractivity contribution is 5.93. The molecule has 0 saturated carbocycles. The van der Waals surface area contributed by atoms with E-state index >= 15 is 0 Å². The summed E-state index contributed by atoms with van der Waals surface area (Å²) in [7, 11) is 0. The lowest BCUT2D eigenvalue weighted by atomic mass is 10.2. The topological polar surface area (TPSA) is 81.2 Å². The van der Waals surface area contributed by atoms with E-state index in [0.29, 0.717) is 42.2 Å². The number of nitrogens with one attached hydrogen (secondary N) is 1. The zero-order valence-electron chi connectivity index (χ0n) is 12.2. The lowest BCUT2D eigenvalue weighted by Gasteiger charge is -2.01. The second-order valence-corrected chi connectivity index (χ2v) is 4.89. The average Bonchev–Trinajstić information content (AvgIpc) is 3.24. The van der Waals surface area contributed by atoms with Crippen LogP contribution in [-0.4, -0.2) is 22.6 Å². The summed E-state index contributed by atoms with van der Waals surface area (Å²) in [4.78, 5) is 15.9. The monoisotopic (exact) mass is 315 g/mol. The van der Waals surface area contributed by atoms with Crippen LogP contribution in [0.15, 0.2) is 51.8 Å². The predicted octanol–water partition coefficient (Wildman–Crippen LogP) is 2.83. The smallest absolute Gasteiger partial charge is 0.254 e. The average molecular weight is 315 g/mol. The van der Waals surface area contributed by atoms with Gasteiger partial charge in [-0.05, 0) is 36.8 Å². The van der Waals surface area contributed by atoms with E-state index in [0.717, 1.165) is 0 Å². The van der Waals surface area contributed by atoms with Crippen molar-refractivity contribution >= 4 is 5.91 Å². The predicted molar refractivity (Wildman–Crippen MR) is 79.1 cm³/mol. The lowest BCUT2D eigenvalue weighted by molar-refractivity contribution is 0.0952. The molecule has 0 aliphatic rings. The van der Waals surface area contributed by atoms with Gasteiger partial charge in [0.05, 0.1) is 11.8 Å². The Hall–Kier alpha value is -2.96. The number of amides is 1. The van der Waals surface area contributed by atoms with Gasteiger partial charge in [0.2, 0.25) is 11.7 Å². The molecule has 6 nitrogen and oxygen atoms in total. The summed E-state index contributed by atoms with van der Waals surface area (Å²) < 4.78 is 22.9. The summed E-state index contributed by atoms with van der Waals surface area (Å²) in [5, 5.41) is 6.63. The fourth-order valence-electron chi connectivity index (χ4n) is 2.01. The third-order valence-corrected chi connectivity index (χ3v) is 3.21. The van der Waals surface area contributed by atoms with Crippen molar-refractivity contribution in [1.29, 1.82) is 0 Å². The molecule has 3 aromatic rings. The molecular weight excluding hydrogens is 301 g/mol. The van der Waals surface area contributed by atoms with E-state index in [1.807, 2.05) is 0 Å². The van der Waals surface area contributed by atoms with Gasteiger partial charge in [-0.1, -0.05) is 5.16 Å². The molecule has 2 aromatic heterocycles. The Labute approximate surface area is 131 Å². The van der Waals surface area contributed by atoms with Crippen LogP contribution < -0.4 is 5.32 Å². The van der Waals surface area contributed by atoms with Crippen molar-refractivity contribution < 1.29 is 18.1 Å². The second-order valence-electron chi connectivity index (χ2n) is 4.89. The van der Waals surface area contributed by atoms with E-state index in [9.17, 15) is 9.18 Å². The van der Waals surface area contributed by atoms with Crippen LogP contribution in [0.2, 0.25) is 0 Å². The van der Waals surface area contributed by atoms with Crippen molar-refractivity contribution in [3.63, 3.8) is 0 Å².